The summed E-state index contributed by atoms with van der Waals surface area (Å²) in [6.45, 7) is 0. The fourth-order valence-corrected chi connectivity index (χ4v) is 7.28. The van der Waals surface area contributed by atoms with E-state index in [0.717, 1.165) is 17.0 Å². The molecular weight excluding hydrogens is 541 g/mol. The third kappa shape index (κ3) is 4.85. The molecule has 1 saturated heterocycles. The van der Waals surface area contributed by atoms with Crippen LogP contribution in [0.2, 0.25) is 0 Å². The van der Waals surface area contributed by atoms with E-state index in [1.807, 2.05) is 121 Å². The van der Waals surface area contributed by atoms with Gasteiger partial charge in [-0.3, -0.25) is 14.5 Å². The largest absolute Gasteiger partial charge is 0.497 e. The minimum atomic E-state index is -1.11. The van der Waals surface area contributed by atoms with E-state index in [-0.39, 0.29) is 16.9 Å². The zero-order valence-corrected chi connectivity index (χ0v) is 23.1. The molecule has 40 heavy (non-hydrogen) atoms. The van der Waals surface area contributed by atoms with E-state index in [1.54, 1.807) is 17.0 Å². The summed E-state index contributed by atoms with van der Waals surface area (Å²) in [6, 6.07) is 35.8. The Morgan fingerprint density at radius 3 is 2.05 bits per heavy atom. The van der Waals surface area contributed by atoms with Crippen molar-refractivity contribution in [1.82, 2.24) is 0 Å². The molecule has 1 fully saturated rings. The van der Waals surface area contributed by atoms with Crippen LogP contribution in [0, 0.1) is 0 Å². The number of hydrogen-bond acceptors (Lipinski definition) is 7. The Labute approximate surface area is 240 Å². The van der Waals surface area contributed by atoms with Gasteiger partial charge in [-0.2, -0.15) is 5.10 Å². The number of thioether (sulfide) groups is 2. The van der Waals surface area contributed by atoms with Gasteiger partial charge in [0.1, 0.15) is 5.75 Å². The number of carbonyl (C=O) groups excluding carboxylic acids is 2. The number of nitrogens with zero attached hydrogens (tertiary/aromatic N) is 3. The summed E-state index contributed by atoms with van der Waals surface area (Å²) in [4.78, 5) is 29.9. The van der Waals surface area contributed by atoms with Crippen LogP contribution in [0.25, 0.3) is 6.08 Å². The molecule has 1 N–H and O–H groups in total. The molecular formula is C31H24N4O3S2. The average Bonchev–Trinajstić information content (AvgIpc) is 3.51. The van der Waals surface area contributed by atoms with Crippen LogP contribution in [0.3, 0.4) is 0 Å². The van der Waals surface area contributed by atoms with Crippen molar-refractivity contribution in [2.24, 2.45) is 5.10 Å². The van der Waals surface area contributed by atoms with E-state index in [1.165, 1.54) is 23.5 Å². The van der Waals surface area contributed by atoms with Gasteiger partial charge in [0.2, 0.25) is 4.33 Å². The minimum Gasteiger partial charge on any atom is -0.497 e. The molecule has 0 aliphatic carbocycles. The zero-order chi connectivity index (χ0) is 27.5. The number of carbonyl (C=O) groups is 2. The first-order valence-electron chi connectivity index (χ1n) is 12.5. The van der Waals surface area contributed by atoms with Gasteiger partial charge in [0, 0.05) is 11.4 Å². The third-order valence-corrected chi connectivity index (χ3v) is 9.00. The summed E-state index contributed by atoms with van der Waals surface area (Å²) in [5, 5.41) is 9.76. The lowest BCUT2D eigenvalue weighted by Gasteiger charge is -2.38. The maximum absolute atomic E-state index is 14.2. The van der Waals surface area contributed by atoms with E-state index in [2.05, 4.69) is 5.32 Å². The van der Waals surface area contributed by atoms with Crippen molar-refractivity contribution >= 4 is 63.5 Å². The van der Waals surface area contributed by atoms with Gasteiger partial charge in [0.15, 0.2) is 5.04 Å². The Balaban J connectivity index is 1.45. The fourth-order valence-electron chi connectivity index (χ4n) is 4.41. The molecule has 1 spiro atoms. The molecule has 4 aromatic rings. The number of ether oxygens (including phenoxy) is 1. The monoisotopic (exact) mass is 564 g/mol. The van der Waals surface area contributed by atoms with Crippen molar-refractivity contribution in [3.8, 4) is 5.75 Å². The maximum Gasteiger partial charge on any atom is 0.282 e. The topological polar surface area (TPSA) is 74.2 Å². The van der Waals surface area contributed by atoms with Crippen LogP contribution in [0.4, 0.5) is 17.1 Å². The predicted molar refractivity (Wildman–Crippen MR) is 164 cm³/mol. The molecule has 2 aliphatic rings. The highest BCUT2D eigenvalue weighted by molar-refractivity contribution is 8.29. The molecule has 1 atom stereocenters. The first-order chi connectivity index (χ1) is 19.6. The molecule has 0 aromatic heterocycles. The van der Waals surface area contributed by atoms with Crippen molar-refractivity contribution < 1.29 is 14.3 Å². The summed E-state index contributed by atoms with van der Waals surface area (Å²) >= 11 is 2.62. The van der Waals surface area contributed by atoms with E-state index in [9.17, 15) is 9.59 Å². The minimum absolute atomic E-state index is 0.180. The number of para-hydroxylation sites is 3. The SMILES string of the molecule is COc1ccc(/C=C2\S[C@]3(SC(C(=O)Nc4ccccc4)=NN3c3ccccc3)N(c3ccccc3)C2=O)cc1. The lowest BCUT2D eigenvalue weighted by atomic mass is 10.2. The number of anilines is 3. The summed E-state index contributed by atoms with van der Waals surface area (Å²) < 4.78 is 4.18. The average molecular weight is 565 g/mol. The highest BCUT2D eigenvalue weighted by atomic mass is 32.2. The summed E-state index contributed by atoms with van der Waals surface area (Å²) in [6.07, 6.45) is 1.86. The molecule has 2 amide bonds. The van der Waals surface area contributed by atoms with E-state index >= 15 is 0 Å². The lowest BCUT2D eigenvalue weighted by Crippen LogP contribution is -2.51. The van der Waals surface area contributed by atoms with Crippen molar-refractivity contribution in [1.29, 1.82) is 0 Å². The number of hydrazone groups is 1. The molecule has 198 valence electrons. The van der Waals surface area contributed by atoms with Crippen molar-refractivity contribution in [2.75, 3.05) is 22.3 Å². The molecule has 0 radical (unpaired) electrons. The first kappa shape index (κ1) is 25.8. The Kier molecular flexibility index (Phi) is 7.06. The summed E-state index contributed by atoms with van der Waals surface area (Å²) in [7, 11) is 1.62. The van der Waals surface area contributed by atoms with Crippen LogP contribution in [0.5, 0.6) is 5.75 Å². The molecule has 6 rings (SSSR count). The molecule has 2 heterocycles. The van der Waals surface area contributed by atoms with E-state index in [4.69, 9.17) is 9.84 Å². The second-order valence-corrected chi connectivity index (χ2v) is 11.5. The normalized spacial score (nSPS) is 19.3. The van der Waals surface area contributed by atoms with Gasteiger partial charge >= 0.3 is 0 Å². The standard InChI is InChI=1S/C31H24N4O3S2/c1-38-26-19-17-22(18-20-26)21-27-30(37)34(24-13-7-3-8-14-24)31(39-27)35(25-15-9-4-10-16-25)33-29(40-31)28(36)32-23-11-5-2-6-12-23/h2-21H,1H3,(H,32,36)/b27-21-/t31-/m0/s1. The lowest BCUT2D eigenvalue weighted by molar-refractivity contribution is -0.114. The number of nitrogens with one attached hydrogen (secondary N) is 1. The molecule has 9 heteroatoms. The predicted octanol–water partition coefficient (Wildman–Crippen LogP) is 6.63. The Morgan fingerprint density at radius 2 is 1.43 bits per heavy atom. The summed E-state index contributed by atoms with van der Waals surface area (Å²) in [5.41, 5.74) is 2.98. The smallest absolute Gasteiger partial charge is 0.282 e. The molecule has 0 unspecified atom stereocenters. The second kappa shape index (κ2) is 11.0. The Bertz CT molecular complexity index is 1600. The number of amides is 2. The molecule has 0 saturated carbocycles. The third-order valence-electron chi connectivity index (χ3n) is 6.28. The Hall–Kier alpha value is -4.47. The number of rotatable bonds is 6. The van der Waals surface area contributed by atoms with Gasteiger partial charge in [0.05, 0.1) is 17.7 Å². The Morgan fingerprint density at radius 1 is 0.825 bits per heavy atom. The van der Waals surface area contributed by atoms with Gasteiger partial charge in [-0.25, -0.2) is 5.01 Å². The zero-order valence-electron chi connectivity index (χ0n) is 21.4. The second-order valence-electron chi connectivity index (χ2n) is 8.88. The van der Waals surface area contributed by atoms with Crippen LogP contribution in [-0.4, -0.2) is 28.3 Å². The van der Waals surface area contributed by atoms with Crippen LogP contribution in [0.1, 0.15) is 5.56 Å². The van der Waals surface area contributed by atoms with E-state index in [0.29, 0.717) is 16.3 Å². The summed E-state index contributed by atoms with van der Waals surface area (Å²) in [5.74, 6) is 0.210. The number of benzene rings is 4. The van der Waals surface area contributed by atoms with Gasteiger partial charge in [0.25, 0.3) is 11.8 Å². The van der Waals surface area contributed by atoms with Crippen LogP contribution < -0.4 is 20.0 Å². The van der Waals surface area contributed by atoms with Gasteiger partial charge < -0.3 is 10.1 Å². The highest BCUT2D eigenvalue weighted by Crippen LogP contribution is 2.59. The van der Waals surface area contributed by atoms with Gasteiger partial charge in [-0.1, -0.05) is 78.5 Å². The van der Waals surface area contributed by atoms with Crippen molar-refractivity contribution in [3.63, 3.8) is 0 Å². The van der Waals surface area contributed by atoms with Crippen molar-refractivity contribution in [3.05, 3.63) is 126 Å². The number of hydrogen-bond donors (Lipinski definition) is 1. The molecule has 0 bridgehead atoms. The van der Waals surface area contributed by atoms with Crippen LogP contribution >= 0.6 is 23.5 Å². The quantitative estimate of drug-likeness (QED) is 0.265. The van der Waals surface area contributed by atoms with Crippen LogP contribution in [-0.2, 0) is 9.59 Å². The van der Waals surface area contributed by atoms with Crippen LogP contribution in [0.15, 0.2) is 125 Å². The molecule has 4 aromatic carbocycles. The maximum atomic E-state index is 14.2. The van der Waals surface area contributed by atoms with E-state index < -0.39 is 4.33 Å². The first-order valence-corrected chi connectivity index (χ1v) is 14.1. The highest BCUT2D eigenvalue weighted by Gasteiger charge is 2.60. The molecule has 7 nitrogen and oxygen atoms in total. The molecule has 2 aliphatic heterocycles. The fraction of sp³-hybridized carbons (Fsp3) is 0.0645. The van der Waals surface area contributed by atoms with Gasteiger partial charge in [-0.05, 0) is 71.9 Å². The van der Waals surface area contributed by atoms with Crippen molar-refractivity contribution in [2.45, 2.75) is 4.33 Å². The number of methoxy groups -OCH3 is 1. The van der Waals surface area contributed by atoms with Gasteiger partial charge in [-0.15, -0.1) is 0 Å².